The Morgan fingerprint density at radius 3 is 2.62 bits per heavy atom. The predicted molar refractivity (Wildman–Crippen MR) is 51.4 cm³/mol. The third-order valence-corrected chi connectivity index (χ3v) is 4.00. The van der Waals surface area contributed by atoms with Gasteiger partial charge in [0.1, 0.15) is 6.23 Å². The molecule has 0 amide bonds. The summed E-state index contributed by atoms with van der Waals surface area (Å²) in [7, 11) is 0. The maximum absolute atomic E-state index is 5.74. The molecule has 0 radical (unpaired) electrons. The molecule has 0 N–H and O–H groups in total. The Balaban J connectivity index is 1.60. The Labute approximate surface area is 80.2 Å². The highest BCUT2D eigenvalue weighted by molar-refractivity contribution is 4.93. The van der Waals surface area contributed by atoms with Gasteiger partial charge in [-0.2, -0.15) is 0 Å². The molecular weight excluding hydrogens is 162 g/mol. The summed E-state index contributed by atoms with van der Waals surface area (Å²) in [5, 5.41) is 0. The monoisotopic (exact) mass is 181 g/mol. The molecule has 1 saturated carbocycles. The van der Waals surface area contributed by atoms with E-state index in [1.54, 1.807) is 0 Å². The molecule has 0 aromatic heterocycles. The van der Waals surface area contributed by atoms with Crippen LogP contribution in [0.15, 0.2) is 0 Å². The molecule has 2 atom stereocenters. The molecule has 3 fully saturated rings. The molecule has 0 aromatic rings. The average Bonchev–Trinajstić information content (AvgIpc) is 2.50. The summed E-state index contributed by atoms with van der Waals surface area (Å²) in [4.78, 5) is 2.62. The van der Waals surface area contributed by atoms with Crippen LogP contribution in [-0.4, -0.2) is 30.3 Å². The van der Waals surface area contributed by atoms with Crippen LogP contribution < -0.4 is 0 Å². The maximum atomic E-state index is 5.74. The zero-order chi connectivity index (χ0) is 8.67. The second-order valence-corrected chi connectivity index (χ2v) is 4.80. The summed E-state index contributed by atoms with van der Waals surface area (Å²) < 4.78 is 5.74. The van der Waals surface area contributed by atoms with E-state index in [9.17, 15) is 0 Å². The zero-order valence-electron chi connectivity index (χ0n) is 8.24. The lowest BCUT2D eigenvalue weighted by atomic mass is 9.87. The molecule has 1 aliphatic carbocycles. The normalized spacial score (nSPS) is 41.5. The number of rotatable bonds is 1. The van der Waals surface area contributed by atoms with Gasteiger partial charge in [0.25, 0.3) is 0 Å². The van der Waals surface area contributed by atoms with Crippen molar-refractivity contribution in [1.82, 2.24) is 4.90 Å². The predicted octanol–water partition coefficient (Wildman–Crippen LogP) is 2.00. The van der Waals surface area contributed by atoms with Gasteiger partial charge in [-0.25, -0.2) is 0 Å². The average molecular weight is 181 g/mol. The van der Waals surface area contributed by atoms with Gasteiger partial charge in [-0.1, -0.05) is 19.3 Å². The minimum absolute atomic E-state index is 0.531. The van der Waals surface area contributed by atoms with E-state index in [1.807, 2.05) is 0 Å². The molecule has 2 heteroatoms. The molecule has 74 valence electrons. The second kappa shape index (κ2) is 3.25. The maximum Gasteiger partial charge on any atom is 0.115 e. The zero-order valence-corrected chi connectivity index (χ0v) is 8.24. The van der Waals surface area contributed by atoms with E-state index in [0.717, 1.165) is 18.6 Å². The Morgan fingerprint density at radius 1 is 1.00 bits per heavy atom. The topological polar surface area (TPSA) is 12.5 Å². The number of likely N-dealkylation sites (tertiary alicyclic amines) is 1. The fourth-order valence-electron chi connectivity index (χ4n) is 3.17. The summed E-state index contributed by atoms with van der Waals surface area (Å²) in [6.07, 6.45) is 9.03. The first-order chi connectivity index (χ1) is 6.45. The van der Waals surface area contributed by atoms with E-state index in [1.165, 1.54) is 45.1 Å². The number of nitrogens with zero attached hydrogens (tertiary/aromatic N) is 1. The van der Waals surface area contributed by atoms with Crippen molar-refractivity contribution in [3.8, 4) is 0 Å². The van der Waals surface area contributed by atoms with Crippen molar-refractivity contribution in [1.29, 1.82) is 0 Å². The SMILES string of the molecule is C1CCC(N2CC3CCOC32)CC1. The molecule has 13 heavy (non-hydrogen) atoms. The van der Waals surface area contributed by atoms with Crippen molar-refractivity contribution >= 4 is 0 Å². The highest BCUT2D eigenvalue weighted by Gasteiger charge is 2.46. The number of hydrogen-bond donors (Lipinski definition) is 0. The Kier molecular flexibility index (Phi) is 2.06. The van der Waals surface area contributed by atoms with Gasteiger partial charge in [-0.15, -0.1) is 0 Å². The molecule has 2 heterocycles. The summed E-state index contributed by atoms with van der Waals surface area (Å²) in [5.74, 6) is 0.891. The molecule has 0 bridgehead atoms. The Morgan fingerprint density at radius 2 is 1.85 bits per heavy atom. The Bertz CT molecular complexity index is 189. The fourth-order valence-corrected chi connectivity index (χ4v) is 3.17. The number of ether oxygens (including phenoxy) is 1. The van der Waals surface area contributed by atoms with Crippen LogP contribution in [0.2, 0.25) is 0 Å². The number of hydrogen-bond acceptors (Lipinski definition) is 2. The van der Waals surface area contributed by atoms with Crippen molar-refractivity contribution in [3.05, 3.63) is 0 Å². The van der Waals surface area contributed by atoms with E-state index < -0.39 is 0 Å². The molecule has 0 aromatic carbocycles. The van der Waals surface area contributed by atoms with Crippen LogP contribution in [-0.2, 0) is 4.74 Å². The van der Waals surface area contributed by atoms with E-state index in [-0.39, 0.29) is 0 Å². The van der Waals surface area contributed by atoms with Crippen LogP contribution in [0.4, 0.5) is 0 Å². The lowest BCUT2D eigenvalue weighted by Crippen LogP contribution is -2.58. The van der Waals surface area contributed by atoms with Gasteiger partial charge in [-0.3, -0.25) is 4.90 Å². The minimum Gasteiger partial charge on any atom is -0.363 e. The molecule has 3 rings (SSSR count). The van der Waals surface area contributed by atoms with E-state index in [2.05, 4.69) is 4.90 Å². The quantitative estimate of drug-likeness (QED) is 0.613. The molecule has 2 unspecified atom stereocenters. The fraction of sp³-hybridized carbons (Fsp3) is 1.00. The number of fused-ring (bicyclic) bond motifs is 1. The van der Waals surface area contributed by atoms with E-state index in [0.29, 0.717) is 6.23 Å². The van der Waals surface area contributed by atoms with Crippen LogP contribution in [0.3, 0.4) is 0 Å². The van der Waals surface area contributed by atoms with Crippen LogP contribution in [0.25, 0.3) is 0 Å². The lowest BCUT2D eigenvalue weighted by molar-refractivity contribution is -0.140. The summed E-state index contributed by atoms with van der Waals surface area (Å²) in [5.41, 5.74) is 0. The highest BCUT2D eigenvalue weighted by Crippen LogP contribution is 2.38. The van der Waals surface area contributed by atoms with Gasteiger partial charge in [0.15, 0.2) is 0 Å². The lowest BCUT2D eigenvalue weighted by Gasteiger charge is -2.48. The summed E-state index contributed by atoms with van der Waals surface area (Å²) in [6.45, 7) is 2.34. The van der Waals surface area contributed by atoms with Crippen LogP contribution in [0.5, 0.6) is 0 Å². The third kappa shape index (κ3) is 1.31. The van der Waals surface area contributed by atoms with Crippen molar-refractivity contribution in [2.45, 2.75) is 50.8 Å². The molecule has 2 nitrogen and oxygen atoms in total. The highest BCUT2D eigenvalue weighted by atomic mass is 16.5. The van der Waals surface area contributed by atoms with Crippen LogP contribution >= 0.6 is 0 Å². The molecule has 2 aliphatic heterocycles. The molecule has 0 spiro atoms. The summed E-state index contributed by atoms with van der Waals surface area (Å²) in [6, 6.07) is 0.869. The standard InChI is InChI=1S/C11H19NO/c1-2-4-10(5-3-1)12-8-9-6-7-13-11(9)12/h9-11H,1-8H2. The first-order valence-corrected chi connectivity index (χ1v) is 5.82. The van der Waals surface area contributed by atoms with Crippen molar-refractivity contribution in [2.75, 3.05) is 13.2 Å². The van der Waals surface area contributed by atoms with E-state index in [4.69, 9.17) is 4.74 Å². The Hall–Kier alpha value is -0.0800. The minimum atomic E-state index is 0.531. The molecule has 2 saturated heterocycles. The second-order valence-electron chi connectivity index (χ2n) is 4.80. The van der Waals surface area contributed by atoms with Gasteiger partial charge in [-0.05, 0) is 19.3 Å². The molecule has 3 aliphatic rings. The first kappa shape index (κ1) is 8.25. The smallest absolute Gasteiger partial charge is 0.115 e. The van der Waals surface area contributed by atoms with Gasteiger partial charge in [0.2, 0.25) is 0 Å². The van der Waals surface area contributed by atoms with Crippen molar-refractivity contribution < 1.29 is 4.74 Å². The van der Waals surface area contributed by atoms with Crippen LogP contribution in [0, 0.1) is 5.92 Å². The van der Waals surface area contributed by atoms with Gasteiger partial charge < -0.3 is 4.74 Å². The van der Waals surface area contributed by atoms with Crippen LogP contribution in [0.1, 0.15) is 38.5 Å². The summed E-state index contributed by atoms with van der Waals surface area (Å²) >= 11 is 0. The van der Waals surface area contributed by atoms with Crippen molar-refractivity contribution in [2.24, 2.45) is 5.92 Å². The third-order valence-electron chi connectivity index (χ3n) is 4.00. The largest absolute Gasteiger partial charge is 0.363 e. The van der Waals surface area contributed by atoms with Crippen molar-refractivity contribution in [3.63, 3.8) is 0 Å². The van der Waals surface area contributed by atoms with Gasteiger partial charge in [0, 0.05) is 25.1 Å². The molecular formula is C11H19NO. The van der Waals surface area contributed by atoms with Gasteiger partial charge >= 0.3 is 0 Å². The van der Waals surface area contributed by atoms with E-state index >= 15 is 0 Å². The van der Waals surface area contributed by atoms with Gasteiger partial charge in [0.05, 0.1) is 0 Å². The first-order valence-electron chi connectivity index (χ1n) is 5.82.